The van der Waals surface area contributed by atoms with Crippen LogP contribution < -0.4 is 5.32 Å². The van der Waals surface area contributed by atoms with E-state index in [9.17, 15) is 10.1 Å². The molecule has 2 rings (SSSR count). The zero-order valence-electron chi connectivity index (χ0n) is 11.2. The molecule has 0 atom stereocenters. The van der Waals surface area contributed by atoms with E-state index >= 15 is 0 Å². The molecule has 0 aromatic rings. The molecule has 100 valence electrons. The van der Waals surface area contributed by atoms with Crippen molar-refractivity contribution in [1.82, 2.24) is 5.32 Å². The molecule has 1 N–H and O–H groups in total. The lowest BCUT2D eigenvalue weighted by molar-refractivity contribution is -0.130. The number of carbonyl (C=O) groups excluding carboxylic acids is 1. The van der Waals surface area contributed by atoms with Crippen LogP contribution in [0.4, 0.5) is 0 Å². The van der Waals surface area contributed by atoms with Crippen molar-refractivity contribution in [2.75, 3.05) is 0 Å². The van der Waals surface area contributed by atoms with Gasteiger partial charge < -0.3 is 5.32 Å². The molecule has 0 saturated heterocycles. The lowest BCUT2D eigenvalue weighted by Gasteiger charge is -2.31. The van der Waals surface area contributed by atoms with Gasteiger partial charge in [-0.15, -0.1) is 0 Å². The summed E-state index contributed by atoms with van der Waals surface area (Å²) in [4.78, 5) is 12.4. The topological polar surface area (TPSA) is 52.9 Å². The molecule has 3 nitrogen and oxygen atoms in total. The minimum absolute atomic E-state index is 0.0107. The largest absolute Gasteiger partial charge is 0.352 e. The highest BCUT2D eigenvalue weighted by atomic mass is 16.2. The first-order valence-corrected chi connectivity index (χ1v) is 7.49. The number of nitrogens with one attached hydrogen (secondary N) is 1. The molecular weight excluding hydrogens is 224 g/mol. The average Bonchev–Trinajstić information content (AvgIpc) is 2.68. The maximum Gasteiger partial charge on any atom is 0.240 e. The van der Waals surface area contributed by atoms with E-state index in [-0.39, 0.29) is 5.91 Å². The number of hydrogen-bond donors (Lipinski definition) is 1. The first kappa shape index (κ1) is 13.4. The summed E-state index contributed by atoms with van der Waals surface area (Å²) in [5.74, 6) is 0.0107. The molecule has 18 heavy (non-hydrogen) atoms. The van der Waals surface area contributed by atoms with Gasteiger partial charge in [-0.2, -0.15) is 5.26 Å². The molecule has 0 radical (unpaired) electrons. The molecule has 2 fully saturated rings. The van der Waals surface area contributed by atoms with Gasteiger partial charge in [0, 0.05) is 6.04 Å². The number of nitriles is 1. The van der Waals surface area contributed by atoms with Gasteiger partial charge in [-0.1, -0.05) is 44.9 Å². The van der Waals surface area contributed by atoms with Crippen molar-refractivity contribution in [3.63, 3.8) is 0 Å². The summed E-state index contributed by atoms with van der Waals surface area (Å²) >= 11 is 0. The zero-order valence-corrected chi connectivity index (χ0v) is 11.2. The van der Waals surface area contributed by atoms with Crippen molar-refractivity contribution >= 4 is 5.91 Å². The Morgan fingerprint density at radius 2 is 1.56 bits per heavy atom. The Labute approximate surface area is 110 Å². The van der Waals surface area contributed by atoms with Crippen LogP contribution in [0.25, 0.3) is 0 Å². The molecule has 0 unspecified atom stereocenters. The van der Waals surface area contributed by atoms with Gasteiger partial charge in [0.05, 0.1) is 6.07 Å². The molecule has 1 amide bonds. The summed E-state index contributed by atoms with van der Waals surface area (Å²) in [5.41, 5.74) is -0.718. The molecule has 0 aromatic heterocycles. The molecule has 3 heteroatoms. The van der Waals surface area contributed by atoms with E-state index in [0.29, 0.717) is 6.04 Å². The Kier molecular flexibility index (Phi) is 4.63. The number of rotatable bonds is 2. The standard InChI is InChI=1S/C15H24N2O/c16-12-15(10-6-3-7-11-15)14(18)17-13-8-4-1-2-5-9-13/h13H,1-11H2,(H,17,18). The highest BCUT2D eigenvalue weighted by Gasteiger charge is 2.40. The van der Waals surface area contributed by atoms with E-state index in [0.717, 1.165) is 38.5 Å². The summed E-state index contributed by atoms with van der Waals surface area (Å²) in [7, 11) is 0. The fraction of sp³-hybridized carbons (Fsp3) is 0.867. The number of carbonyl (C=O) groups is 1. The molecule has 2 aliphatic rings. The summed E-state index contributed by atoms with van der Waals surface area (Å²) in [6.45, 7) is 0. The van der Waals surface area contributed by atoms with Gasteiger partial charge in [-0.05, 0) is 25.7 Å². The maximum absolute atomic E-state index is 12.4. The quantitative estimate of drug-likeness (QED) is 0.762. The van der Waals surface area contributed by atoms with Crippen molar-refractivity contribution < 1.29 is 4.79 Å². The van der Waals surface area contributed by atoms with Crippen LogP contribution in [0.3, 0.4) is 0 Å². The molecule has 2 saturated carbocycles. The van der Waals surface area contributed by atoms with Crippen LogP contribution in [0, 0.1) is 16.7 Å². The molecule has 0 bridgehead atoms. The predicted molar refractivity (Wildman–Crippen MR) is 70.8 cm³/mol. The van der Waals surface area contributed by atoms with Crippen LogP contribution in [0.5, 0.6) is 0 Å². The van der Waals surface area contributed by atoms with Crippen LogP contribution in [0.2, 0.25) is 0 Å². The lowest BCUT2D eigenvalue weighted by atomic mass is 9.74. The maximum atomic E-state index is 12.4. The monoisotopic (exact) mass is 248 g/mol. The van der Waals surface area contributed by atoms with Crippen molar-refractivity contribution in [2.24, 2.45) is 5.41 Å². The number of hydrogen-bond acceptors (Lipinski definition) is 2. The normalized spacial score (nSPS) is 24.8. The molecule has 0 spiro atoms. The Morgan fingerprint density at radius 3 is 2.11 bits per heavy atom. The SMILES string of the molecule is N#CC1(C(=O)NC2CCCCCC2)CCCCC1. The predicted octanol–water partition coefficient (Wildman–Crippen LogP) is 3.30. The van der Waals surface area contributed by atoms with Crippen LogP contribution in [-0.2, 0) is 4.79 Å². The smallest absolute Gasteiger partial charge is 0.240 e. The second kappa shape index (κ2) is 6.22. The second-order valence-corrected chi connectivity index (χ2v) is 5.92. The van der Waals surface area contributed by atoms with Gasteiger partial charge in [-0.3, -0.25) is 4.79 Å². The summed E-state index contributed by atoms with van der Waals surface area (Å²) < 4.78 is 0. The van der Waals surface area contributed by atoms with E-state index in [1.54, 1.807) is 0 Å². The fourth-order valence-corrected chi connectivity index (χ4v) is 3.29. The molecule has 0 aliphatic heterocycles. The van der Waals surface area contributed by atoms with Gasteiger partial charge >= 0.3 is 0 Å². The highest BCUT2D eigenvalue weighted by molar-refractivity contribution is 5.85. The Morgan fingerprint density at radius 1 is 1.00 bits per heavy atom. The number of nitrogens with zero attached hydrogens (tertiary/aromatic N) is 1. The van der Waals surface area contributed by atoms with E-state index in [1.165, 1.54) is 32.1 Å². The van der Waals surface area contributed by atoms with Gasteiger partial charge in [0.25, 0.3) is 0 Å². The molecular formula is C15H24N2O. The summed E-state index contributed by atoms with van der Waals surface area (Å²) in [6, 6.07) is 2.62. The van der Waals surface area contributed by atoms with Crippen molar-refractivity contribution in [2.45, 2.75) is 76.7 Å². The Hall–Kier alpha value is -1.04. The Balaban J connectivity index is 1.94. The summed E-state index contributed by atoms with van der Waals surface area (Å²) in [6.07, 6.45) is 11.9. The van der Waals surface area contributed by atoms with Crippen LogP contribution >= 0.6 is 0 Å². The van der Waals surface area contributed by atoms with Gasteiger partial charge in [-0.25, -0.2) is 0 Å². The van der Waals surface area contributed by atoms with E-state index in [1.807, 2.05) is 0 Å². The van der Waals surface area contributed by atoms with Crippen LogP contribution in [0.1, 0.15) is 70.6 Å². The lowest BCUT2D eigenvalue weighted by Crippen LogP contribution is -2.45. The third-order valence-electron chi connectivity index (χ3n) is 4.55. The van der Waals surface area contributed by atoms with Gasteiger partial charge in [0.2, 0.25) is 5.91 Å². The first-order chi connectivity index (χ1) is 8.77. The molecule has 2 aliphatic carbocycles. The Bertz CT molecular complexity index is 318. The average molecular weight is 248 g/mol. The molecule has 0 heterocycles. The van der Waals surface area contributed by atoms with Crippen molar-refractivity contribution in [3.8, 4) is 6.07 Å². The third kappa shape index (κ3) is 3.04. The molecule has 0 aromatic carbocycles. The van der Waals surface area contributed by atoms with Crippen molar-refractivity contribution in [1.29, 1.82) is 5.26 Å². The van der Waals surface area contributed by atoms with Crippen LogP contribution in [0.15, 0.2) is 0 Å². The highest BCUT2D eigenvalue weighted by Crippen LogP contribution is 2.36. The van der Waals surface area contributed by atoms with Gasteiger partial charge in [0.1, 0.15) is 5.41 Å². The van der Waals surface area contributed by atoms with E-state index in [4.69, 9.17) is 0 Å². The summed E-state index contributed by atoms with van der Waals surface area (Å²) in [5, 5.41) is 12.5. The minimum Gasteiger partial charge on any atom is -0.352 e. The van der Waals surface area contributed by atoms with Crippen molar-refractivity contribution in [3.05, 3.63) is 0 Å². The first-order valence-electron chi connectivity index (χ1n) is 7.49. The zero-order chi connectivity index (χ0) is 12.8. The van der Waals surface area contributed by atoms with E-state index < -0.39 is 5.41 Å². The third-order valence-corrected chi connectivity index (χ3v) is 4.55. The van der Waals surface area contributed by atoms with Crippen LogP contribution in [-0.4, -0.2) is 11.9 Å². The van der Waals surface area contributed by atoms with Gasteiger partial charge in [0.15, 0.2) is 0 Å². The number of amides is 1. The fourth-order valence-electron chi connectivity index (χ4n) is 3.29. The van der Waals surface area contributed by atoms with E-state index in [2.05, 4.69) is 11.4 Å². The second-order valence-electron chi connectivity index (χ2n) is 5.92. The minimum atomic E-state index is -0.718.